The predicted molar refractivity (Wildman–Crippen MR) is 130 cm³/mol. The van der Waals surface area contributed by atoms with Crippen LogP contribution in [0.2, 0.25) is 0 Å². The summed E-state index contributed by atoms with van der Waals surface area (Å²) in [5, 5.41) is 11.6. The lowest BCUT2D eigenvalue weighted by atomic mass is 9.83. The standard InChI is InChI=1S/C25H34N4O8/c1-3-4-8-29(37-14-26)22(30)13-28-12-17(16-10-19(33-2)24-20(11-16)35-15-36-24)23(25(31)32)18(28)5-6-21-27-7-9-34-21/h7,9-11,17-18,23H,3-6,8,12-15,26H2,1-2H3,(H,31,32)/t17-,18+,23?/m1/s1. The van der Waals surface area contributed by atoms with Gasteiger partial charge in [0.15, 0.2) is 17.4 Å². The largest absolute Gasteiger partial charge is 0.493 e. The minimum Gasteiger partial charge on any atom is -0.493 e. The number of ether oxygens (including phenoxy) is 3. The number of hydrogen-bond donors (Lipinski definition) is 2. The molecular formula is C25H34N4O8. The molecule has 1 saturated heterocycles. The zero-order valence-electron chi connectivity index (χ0n) is 21.1. The second-order valence-corrected chi connectivity index (χ2v) is 9.03. The number of carboxylic acids is 1. The van der Waals surface area contributed by atoms with Crippen LogP contribution in [0.4, 0.5) is 0 Å². The molecule has 1 aromatic heterocycles. The Hall–Kier alpha value is -3.35. The van der Waals surface area contributed by atoms with E-state index in [4.69, 9.17) is 29.2 Å². The van der Waals surface area contributed by atoms with Crippen molar-refractivity contribution in [2.75, 3.05) is 40.3 Å². The van der Waals surface area contributed by atoms with E-state index in [-0.39, 0.29) is 26.0 Å². The first kappa shape index (κ1) is 26.7. The Morgan fingerprint density at radius 2 is 2.16 bits per heavy atom. The summed E-state index contributed by atoms with van der Waals surface area (Å²) in [6.07, 6.45) is 5.55. The molecule has 1 aromatic carbocycles. The van der Waals surface area contributed by atoms with Crippen molar-refractivity contribution in [2.45, 2.75) is 44.6 Å². The van der Waals surface area contributed by atoms with Gasteiger partial charge in [-0.05, 0) is 30.5 Å². The molecule has 2 aromatic rings. The lowest BCUT2D eigenvalue weighted by Gasteiger charge is -2.28. The number of carbonyl (C=O) groups excluding carboxylic acids is 1. The number of carbonyl (C=O) groups is 2. The summed E-state index contributed by atoms with van der Waals surface area (Å²) in [5.74, 6) is -0.458. The highest BCUT2D eigenvalue weighted by Crippen LogP contribution is 2.47. The number of hydrogen-bond acceptors (Lipinski definition) is 10. The maximum Gasteiger partial charge on any atom is 0.308 e. The first-order valence-electron chi connectivity index (χ1n) is 12.4. The molecule has 3 atom stereocenters. The van der Waals surface area contributed by atoms with Crippen LogP contribution in [0.3, 0.4) is 0 Å². The molecule has 12 nitrogen and oxygen atoms in total. The normalized spacial score (nSPS) is 20.8. The summed E-state index contributed by atoms with van der Waals surface area (Å²) < 4.78 is 21.9. The molecule has 37 heavy (non-hydrogen) atoms. The molecular weight excluding hydrogens is 484 g/mol. The third-order valence-corrected chi connectivity index (χ3v) is 6.84. The summed E-state index contributed by atoms with van der Waals surface area (Å²) in [5.41, 5.74) is 6.29. The van der Waals surface area contributed by atoms with Crippen LogP contribution >= 0.6 is 0 Å². The van der Waals surface area contributed by atoms with Crippen molar-refractivity contribution in [3.05, 3.63) is 36.0 Å². The van der Waals surface area contributed by atoms with Crippen LogP contribution in [0.1, 0.15) is 43.6 Å². The molecule has 0 spiro atoms. The molecule has 0 radical (unpaired) electrons. The Labute approximate surface area is 215 Å². The fourth-order valence-electron chi connectivity index (χ4n) is 5.11. The van der Waals surface area contributed by atoms with Crippen molar-refractivity contribution in [3.8, 4) is 17.2 Å². The highest BCUT2D eigenvalue weighted by molar-refractivity contribution is 5.78. The average molecular weight is 519 g/mol. The van der Waals surface area contributed by atoms with Gasteiger partial charge < -0.3 is 29.5 Å². The number of fused-ring (bicyclic) bond motifs is 1. The number of aryl methyl sites for hydroxylation is 1. The average Bonchev–Trinajstić information content (AvgIpc) is 3.64. The van der Waals surface area contributed by atoms with Crippen molar-refractivity contribution < 1.29 is 38.2 Å². The van der Waals surface area contributed by atoms with Gasteiger partial charge in [0, 0.05) is 31.5 Å². The lowest BCUT2D eigenvalue weighted by molar-refractivity contribution is -0.187. The Bertz CT molecular complexity index is 1060. The van der Waals surface area contributed by atoms with Crippen LogP contribution in [0.5, 0.6) is 17.2 Å². The smallest absolute Gasteiger partial charge is 0.308 e. The predicted octanol–water partition coefficient (Wildman–Crippen LogP) is 1.99. The number of hydroxylamine groups is 2. The summed E-state index contributed by atoms with van der Waals surface area (Å²) >= 11 is 0. The van der Waals surface area contributed by atoms with Gasteiger partial charge in [0.2, 0.25) is 12.5 Å². The minimum absolute atomic E-state index is 0.0120. The second kappa shape index (κ2) is 12.3. The van der Waals surface area contributed by atoms with E-state index in [1.807, 2.05) is 11.8 Å². The van der Waals surface area contributed by atoms with Crippen molar-refractivity contribution in [1.82, 2.24) is 14.9 Å². The summed E-state index contributed by atoms with van der Waals surface area (Å²) in [6, 6.07) is 3.13. The molecule has 0 saturated carbocycles. The third-order valence-electron chi connectivity index (χ3n) is 6.84. The second-order valence-electron chi connectivity index (χ2n) is 9.03. The van der Waals surface area contributed by atoms with E-state index in [1.165, 1.54) is 18.4 Å². The van der Waals surface area contributed by atoms with Crippen molar-refractivity contribution in [1.29, 1.82) is 0 Å². The van der Waals surface area contributed by atoms with Crippen LogP contribution in [-0.2, 0) is 20.8 Å². The van der Waals surface area contributed by atoms with Crippen LogP contribution < -0.4 is 19.9 Å². The first-order chi connectivity index (χ1) is 18.0. The monoisotopic (exact) mass is 518 g/mol. The van der Waals surface area contributed by atoms with Crippen LogP contribution in [-0.4, -0.2) is 78.2 Å². The first-order valence-corrected chi connectivity index (χ1v) is 12.4. The fraction of sp³-hybridized carbons (Fsp3) is 0.560. The van der Waals surface area contributed by atoms with Gasteiger partial charge in [-0.1, -0.05) is 13.3 Å². The number of methoxy groups -OCH3 is 1. The summed E-state index contributed by atoms with van der Waals surface area (Å²) in [7, 11) is 1.52. The highest BCUT2D eigenvalue weighted by atomic mass is 16.7. The van der Waals surface area contributed by atoms with Gasteiger partial charge in [-0.2, -0.15) is 0 Å². The van der Waals surface area contributed by atoms with Crippen molar-refractivity contribution in [2.24, 2.45) is 11.7 Å². The van der Waals surface area contributed by atoms with Gasteiger partial charge in [-0.25, -0.2) is 10.0 Å². The van der Waals surface area contributed by atoms with E-state index in [9.17, 15) is 14.7 Å². The van der Waals surface area contributed by atoms with E-state index in [0.717, 1.165) is 18.4 Å². The quantitative estimate of drug-likeness (QED) is 0.296. The molecule has 202 valence electrons. The van der Waals surface area contributed by atoms with E-state index in [2.05, 4.69) is 4.98 Å². The van der Waals surface area contributed by atoms with E-state index < -0.39 is 23.8 Å². The number of amides is 1. The van der Waals surface area contributed by atoms with E-state index in [1.54, 1.807) is 18.3 Å². The van der Waals surface area contributed by atoms with Crippen molar-refractivity contribution >= 4 is 11.9 Å². The fourth-order valence-corrected chi connectivity index (χ4v) is 5.11. The molecule has 3 heterocycles. The maximum absolute atomic E-state index is 13.2. The number of aromatic nitrogens is 1. The van der Waals surface area contributed by atoms with Gasteiger partial charge in [-0.15, -0.1) is 0 Å². The molecule has 1 unspecified atom stereocenters. The molecule has 1 fully saturated rings. The van der Waals surface area contributed by atoms with Crippen LogP contribution in [0.15, 0.2) is 29.0 Å². The van der Waals surface area contributed by atoms with Crippen LogP contribution in [0, 0.1) is 5.92 Å². The molecule has 4 rings (SSSR count). The molecule has 0 bridgehead atoms. The highest BCUT2D eigenvalue weighted by Gasteiger charge is 2.47. The third kappa shape index (κ3) is 5.97. The molecule has 12 heteroatoms. The number of rotatable bonds is 13. The molecule has 2 aliphatic rings. The Morgan fingerprint density at radius 3 is 2.84 bits per heavy atom. The number of nitrogens with zero attached hydrogens (tertiary/aromatic N) is 3. The van der Waals surface area contributed by atoms with Gasteiger partial charge >= 0.3 is 5.97 Å². The number of unbranched alkanes of at least 4 members (excludes halogenated alkanes) is 1. The van der Waals surface area contributed by atoms with E-state index in [0.29, 0.717) is 49.1 Å². The number of aliphatic carboxylic acids is 1. The summed E-state index contributed by atoms with van der Waals surface area (Å²) in [6.45, 7) is 2.70. The molecule has 1 amide bonds. The van der Waals surface area contributed by atoms with Gasteiger partial charge in [0.25, 0.3) is 5.91 Å². The van der Waals surface area contributed by atoms with Crippen LogP contribution in [0.25, 0.3) is 0 Å². The maximum atomic E-state index is 13.2. The van der Waals surface area contributed by atoms with Gasteiger partial charge in [0.1, 0.15) is 13.0 Å². The number of likely N-dealkylation sites (tertiary alicyclic amines) is 1. The van der Waals surface area contributed by atoms with E-state index >= 15 is 0 Å². The SMILES string of the molecule is CCCCN(OCN)C(=O)CN1C[C@H](c2cc(OC)c3c(c2)OCO3)C(C(=O)O)[C@@H]1CCc1ncco1. The number of nitrogens with two attached hydrogens (primary N) is 1. The Kier molecular flexibility index (Phi) is 8.85. The molecule has 0 aliphatic carbocycles. The molecule has 2 aliphatic heterocycles. The Morgan fingerprint density at radius 1 is 1.32 bits per heavy atom. The number of oxazole rings is 1. The number of benzene rings is 1. The lowest BCUT2D eigenvalue weighted by Crippen LogP contribution is -2.45. The zero-order chi connectivity index (χ0) is 26.4. The zero-order valence-corrected chi connectivity index (χ0v) is 21.1. The molecule has 3 N–H and O–H groups in total. The minimum atomic E-state index is -0.949. The van der Waals surface area contributed by atoms with Crippen molar-refractivity contribution in [3.63, 3.8) is 0 Å². The van der Waals surface area contributed by atoms with Gasteiger partial charge in [0.05, 0.1) is 25.8 Å². The number of carboxylic acid groups (broad SMARTS) is 1. The summed E-state index contributed by atoms with van der Waals surface area (Å²) in [4.78, 5) is 37.3. The van der Waals surface area contributed by atoms with Gasteiger partial charge in [-0.3, -0.25) is 19.3 Å². The Balaban J connectivity index is 1.63. The topological polar surface area (TPSA) is 150 Å².